The van der Waals surface area contributed by atoms with Crippen LogP contribution in [0.25, 0.3) is 0 Å². The Labute approximate surface area is 150 Å². The summed E-state index contributed by atoms with van der Waals surface area (Å²) >= 11 is 0. The quantitative estimate of drug-likeness (QED) is 0.829. The number of sulfonamides is 1. The molecule has 0 radical (unpaired) electrons. The van der Waals surface area contributed by atoms with Crippen LogP contribution in [-0.4, -0.2) is 24.7 Å². The van der Waals surface area contributed by atoms with Crippen molar-refractivity contribution >= 4 is 10.0 Å². The van der Waals surface area contributed by atoms with Gasteiger partial charge < -0.3 is 0 Å². The number of nitrogens with zero attached hydrogens (tertiary/aromatic N) is 2. The third-order valence-corrected chi connectivity index (χ3v) is 5.79. The fourth-order valence-electron chi connectivity index (χ4n) is 3.12. The Kier molecular flexibility index (Phi) is 5.38. The van der Waals surface area contributed by atoms with Crippen molar-refractivity contribution in [1.82, 2.24) is 14.5 Å². The molecule has 1 aliphatic carbocycles. The summed E-state index contributed by atoms with van der Waals surface area (Å²) in [7, 11) is -3.63. The molecule has 5 nitrogen and oxygen atoms in total. The number of benzene rings is 1. The number of aryl methyl sites for hydroxylation is 1. The van der Waals surface area contributed by atoms with E-state index in [1.807, 2.05) is 10.9 Å². The minimum atomic E-state index is -4.43. The maximum atomic E-state index is 12.5. The third-order valence-electron chi connectivity index (χ3n) is 4.43. The molecule has 1 aromatic carbocycles. The van der Waals surface area contributed by atoms with Gasteiger partial charge in [-0.1, -0.05) is 12.1 Å². The van der Waals surface area contributed by atoms with Crippen molar-refractivity contribution in [2.75, 3.05) is 6.54 Å². The lowest BCUT2D eigenvalue weighted by atomic mass is 9.98. The molecule has 26 heavy (non-hydrogen) atoms. The van der Waals surface area contributed by atoms with Gasteiger partial charge in [-0.15, -0.1) is 0 Å². The van der Waals surface area contributed by atoms with Crippen LogP contribution < -0.4 is 4.72 Å². The van der Waals surface area contributed by atoms with Gasteiger partial charge in [-0.3, -0.25) is 4.68 Å². The van der Waals surface area contributed by atoms with Gasteiger partial charge in [-0.2, -0.15) is 18.3 Å². The average Bonchev–Trinajstić information content (AvgIpc) is 2.97. The van der Waals surface area contributed by atoms with Gasteiger partial charge >= 0.3 is 6.18 Å². The van der Waals surface area contributed by atoms with E-state index in [0.29, 0.717) is 12.1 Å². The van der Waals surface area contributed by atoms with Crippen LogP contribution in [0.3, 0.4) is 0 Å². The SMILES string of the molecule is O=S(=O)(Cc1ccc(C(F)(F)F)cc1)NCCn1ncc2c1CCCC2. The van der Waals surface area contributed by atoms with Gasteiger partial charge in [0.15, 0.2) is 0 Å². The van der Waals surface area contributed by atoms with Gasteiger partial charge in [-0.25, -0.2) is 13.1 Å². The van der Waals surface area contributed by atoms with E-state index in [1.165, 1.54) is 17.7 Å². The van der Waals surface area contributed by atoms with E-state index in [9.17, 15) is 21.6 Å². The largest absolute Gasteiger partial charge is 0.416 e. The van der Waals surface area contributed by atoms with Crippen LogP contribution in [0.5, 0.6) is 0 Å². The van der Waals surface area contributed by atoms with E-state index < -0.39 is 21.8 Å². The first-order valence-electron chi connectivity index (χ1n) is 8.42. The first-order valence-corrected chi connectivity index (χ1v) is 10.1. The Morgan fingerprint density at radius 3 is 2.50 bits per heavy atom. The maximum absolute atomic E-state index is 12.5. The highest BCUT2D eigenvalue weighted by atomic mass is 32.2. The van der Waals surface area contributed by atoms with Gasteiger partial charge in [0, 0.05) is 12.2 Å². The smallest absolute Gasteiger partial charge is 0.268 e. The van der Waals surface area contributed by atoms with Crippen molar-refractivity contribution < 1.29 is 21.6 Å². The predicted molar refractivity (Wildman–Crippen MR) is 90.9 cm³/mol. The van der Waals surface area contributed by atoms with E-state index >= 15 is 0 Å². The van der Waals surface area contributed by atoms with Gasteiger partial charge in [0.1, 0.15) is 0 Å². The van der Waals surface area contributed by atoms with Crippen molar-refractivity contribution in [1.29, 1.82) is 0 Å². The number of nitrogens with one attached hydrogen (secondary N) is 1. The number of rotatable bonds is 6. The average molecular weight is 387 g/mol. The lowest BCUT2D eigenvalue weighted by molar-refractivity contribution is -0.137. The van der Waals surface area contributed by atoms with Gasteiger partial charge in [-0.05, 0) is 48.9 Å². The molecule has 0 bridgehead atoms. The van der Waals surface area contributed by atoms with Crippen molar-refractivity contribution in [3.05, 3.63) is 52.8 Å². The number of fused-ring (bicyclic) bond motifs is 1. The summed E-state index contributed by atoms with van der Waals surface area (Å²) in [5.41, 5.74) is 1.90. The second kappa shape index (κ2) is 7.40. The molecule has 1 heterocycles. The van der Waals surface area contributed by atoms with Crippen LogP contribution in [0, 0.1) is 0 Å². The molecule has 142 valence electrons. The lowest BCUT2D eigenvalue weighted by Gasteiger charge is -2.14. The monoisotopic (exact) mass is 387 g/mol. The molecule has 2 aromatic rings. The van der Waals surface area contributed by atoms with Crippen LogP contribution in [0.4, 0.5) is 13.2 Å². The summed E-state index contributed by atoms with van der Waals surface area (Å²) in [6, 6.07) is 4.15. The molecular formula is C17H20F3N3O2S. The summed E-state index contributed by atoms with van der Waals surface area (Å²) in [5.74, 6) is -0.359. The minimum absolute atomic E-state index is 0.192. The summed E-state index contributed by atoms with van der Waals surface area (Å²) in [4.78, 5) is 0. The molecule has 0 amide bonds. The number of alkyl halides is 3. The molecule has 0 saturated carbocycles. The van der Waals surface area contributed by atoms with E-state index in [2.05, 4.69) is 9.82 Å². The molecular weight excluding hydrogens is 367 g/mol. The molecule has 1 aliphatic rings. The second-order valence-corrected chi connectivity index (χ2v) is 8.20. The topological polar surface area (TPSA) is 64.0 Å². The van der Waals surface area contributed by atoms with Gasteiger partial charge in [0.2, 0.25) is 10.0 Å². The van der Waals surface area contributed by atoms with Crippen LogP contribution in [-0.2, 0) is 41.3 Å². The van der Waals surface area contributed by atoms with Crippen molar-refractivity contribution in [3.63, 3.8) is 0 Å². The summed E-state index contributed by atoms with van der Waals surface area (Å²) in [5, 5.41) is 4.31. The van der Waals surface area contributed by atoms with Crippen molar-refractivity contribution in [2.45, 2.75) is 44.2 Å². The minimum Gasteiger partial charge on any atom is -0.268 e. The Morgan fingerprint density at radius 1 is 1.12 bits per heavy atom. The van der Waals surface area contributed by atoms with Crippen molar-refractivity contribution in [2.24, 2.45) is 0 Å². The first-order chi connectivity index (χ1) is 12.2. The van der Waals surface area contributed by atoms with Crippen LogP contribution in [0.1, 0.15) is 35.2 Å². The second-order valence-electron chi connectivity index (χ2n) is 6.39. The number of hydrogen-bond acceptors (Lipinski definition) is 3. The molecule has 9 heteroatoms. The van der Waals surface area contributed by atoms with Crippen molar-refractivity contribution in [3.8, 4) is 0 Å². The normalized spacial score (nSPS) is 15.0. The Bertz CT molecular complexity index is 858. The molecule has 3 rings (SSSR count). The fourth-order valence-corrected chi connectivity index (χ4v) is 4.25. The lowest BCUT2D eigenvalue weighted by Crippen LogP contribution is -2.29. The Hall–Kier alpha value is -1.87. The zero-order valence-electron chi connectivity index (χ0n) is 14.1. The summed E-state index contributed by atoms with van der Waals surface area (Å²) in [6.45, 7) is 0.624. The number of halogens is 3. The molecule has 1 aromatic heterocycles. The zero-order chi connectivity index (χ0) is 18.8. The molecule has 0 atom stereocenters. The van der Waals surface area contributed by atoms with E-state index in [1.54, 1.807) is 0 Å². The van der Waals surface area contributed by atoms with E-state index in [-0.39, 0.29) is 12.3 Å². The standard InChI is InChI=1S/C17H20F3N3O2S/c18-17(19,20)15-7-5-13(6-8-15)12-26(24,25)22-9-10-23-16-4-2-1-3-14(16)11-21-23/h5-8,11,22H,1-4,9-10,12H2. The van der Waals surface area contributed by atoms with E-state index in [4.69, 9.17) is 0 Å². The predicted octanol–water partition coefficient (Wildman–Crippen LogP) is 2.90. The summed E-state index contributed by atoms with van der Waals surface area (Å²) in [6.07, 6.45) is 1.63. The Morgan fingerprint density at radius 2 is 1.81 bits per heavy atom. The highest BCUT2D eigenvalue weighted by Gasteiger charge is 2.30. The summed E-state index contributed by atoms with van der Waals surface area (Å²) < 4.78 is 66.2. The van der Waals surface area contributed by atoms with Crippen LogP contribution in [0.2, 0.25) is 0 Å². The number of hydrogen-bond donors (Lipinski definition) is 1. The zero-order valence-corrected chi connectivity index (χ0v) is 14.9. The van der Waals surface area contributed by atoms with E-state index in [0.717, 1.165) is 43.5 Å². The molecule has 0 saturated heterocycles. The maximum Gasteiger partial charge on any atom is 0.416 e. The molecule has 0 unspecified atom stereocenters. The first kappa shape index (κ1) is 18.9. The van der Waals surface area contributed by atoms with Crippen LogP contribution in [0.15, 0.2) is 30.5 Å². The highest BCUT2D eigenvalue weighted by Crippen LogP contribution is 2.29. The van der Waals surface area contributed by atoms with Gasteiger partial charge in [0.25, 0.3) is 0 Å². The van der Waals surface area contributed by atoms with Crippen LogP contribution >= 0.6 is 0 Å². The molecule has 0 spiro atoms. The molecule has 0 aliphatic heterocycles. The third kappa shape index (κ3) is 4.64. The number of aromatic nitrogens is 2. The fraction of sp³-hybridized carbons (Fsp3) is 0.471. The Balaban J connectivity index is 1.55. The van der Waals surface area contributed by atoms with Gasteiger partial charge in [0.05, 0.1) is 24.1 Å². The molecule has 0 fully saturated rings. The highest BCUT2D eigenvalue weighted by molar-refractivity contribution is 7.88. The molecule has 1 N–H and O–H groups in total.